The van der Waals surface area contributed by atoms with Crippen LogP contribution in [-0.2, 0) is 19.1 Å². The van der Waals surface area contributed by atoms with Gasteiger partial charge in [-0.3, -0.25) is 9.59 Å². The van der Waals surface area contributed by atoms with Gasteiger partial charge in [-0.15, -0.1) is 0 Å². The summed E-state index contributed by atoms with van der Waals surface area (Å²) in [5.41, 5.74) is 0.947. The van der Waals surface area contributed by atoms with E-state index in [4.69, 9.17) is 4.74 Å². The number of carbonyl (C=O) groups is 3. The number of ether oxygens (including phenoxy) is 2. The number of methoxy groups -OCH3 is 1. The third kappa shape index (κ3) is 4.41. The van der Waals surface area contributed by atoms with Crippen molar-refractivity contribution in [3.8, 4) is 0 Å². The van der Waals surface area contributed by atoms with E-state index in [0.717, 1.165) is 0 Å². The molecule has 0 radical (unpaired) electrons. The van der Waals surface area contributed by atoms with E-state index in [-0.39, 0.29) is 18.2 Å². The Hall–Kier alpha value is -2.39. The summed E-state index contributed by atoms with van der Waals surface area (Å²) in [6.45, 7) is 2.62. The number of anilines is 1. The van der Waals surface area contributed by atoms with Crippen molar-refractivity contribution >= 4 is 40.4 Å². The minimum atomic E-state index is -0.512. The van der Waals surface area contributed by atoms with Crippen LogP contribution < -0.4 is 5.32 Å². The molecule has 2 aliphatic rings. The van der Waals surface area contributed by atoms with Crippen molar-refractivity contribution in [2.24, 2.45) is 4.99 Å². The average molecular weight is 377 g/mol. The number of hydrogen-bond donors (Lipinski definition) is 1. The number of rotatable bonds is 4. The summed E-state index contributed by atoms with van der Waals surface area (Å²) in [5.74, 6) is -1.00. The van der Waals surface area contributed by atoms with Crippen LogP contribution in [0.5, 0.6) is 0 Å². The van der Waals surface area contributed by atoms with Gasteiger partial charge < -0.3 is 19.7 Å². The number of benzene rings is 1. The third-order valence-corrected chi connectivity index (χ3v) is 5.18. The lowest BCUT2D eigenvalue weighted by Crippen LogP contribution is -2.39. The molecule has 0 bridgehead atoms. The summed E-state index contributed by atoms with van der Waals surface area (Å²) in [6.07, 6.45) is 0.0413. The lowest BCUT2D eigenvalue weighted by molar-refractivity contribution is -0.121. The van der Waals surface area contributed by atoms with Gasteiger partial charge in [-0.05, 0) is 24.3 Å². The maximum Gasteiger partial charge on any atom is 0.337 e. The molecule has 1 saturated heterocycles. The zero-order chi connectivity index (χ0) is 18.5. The summed E-state index contributed by atoms with van der Waals surface area (Å²) in [5, 5.41) is 2.88. The number of carbonyl (C=O) groups excluding carboxylic acids is 3. The predicted molar refractivity (Wildman–Crippen MR) is 97.2 cm³/mol. The van der Waals surface area contributed by atoms with Crippen LogP contribution in [0, 0.1) is 0 Å². The lowest BCUT2D eigenvalue weighted by atomic mass is 10.2. The second-order valence-corrected chi connectivity index (χ2v) is 6.93. The van der Waals surface area contributed by atoms with E-state index >= 15 is 0 Å². The smallest absolute Gasteiger partial charge is 0.337 e. The number of esters is 1. The highest BCUT2D eigenvalue weighted by molar-refractivity contribution is 8.15. The molecule has 8 nitrogen and oxygen atoms in total. The molecule has 1 aromatic carbocycles. The van der Waals surface area contributed by atoms with Gasteiger partial charge in [-0.2, -0.15) is 4.99 Å². The molecule has 138 valence electrons. The normalized spacial score (nSPS) is 19.9. The minimum Gasteiger partial charge on any atom is -0.465 e. The zero-order valence-corrected chi connectivity index (χ0v) is 15.1. The summed E-state index contributed by atoms with van der Waals surface area (Å²) >= 11 is 1.32. The second-order valence-electron chi connectivity index (χ2n) is 5.76. The monoisotopic (exact) mass is 377 g/mol. The molecule has 1 fully saturated rings. The fourth-order valence-electron chi connectivity index (χ4n) is 2.59. The van der Waals surface area contributed by atoms with Crippen molar-refractivity contribution in [2.45, 2.75) is 11.7 Å². The Balaban J connectivity index is 1.52. The van der Waals surface area contributed by atoms with E-state index in [2.05, 4.69) is 15.0 Å². The van der Waals surface area contributed by atoms with Gasteiger partial charge in [0.2, 0.25) is 5.91 Å². The number of aliphatic imine (C=N–C) groups is 1. The molecule has 9 heteroatoms. The van der Waals surface area contributed by atoms with Gasteiger partial charge in [0.05, 0.1) is 25.9 Å². The van der Waals surface area contributed by atoms with Crippen LogP contribution in [0.4, 0.5) is 5.69 Å². The van der Waals surface area contributed by atoms with Gasteiger partial charge >= 0.3 is 5.97 Å². The third-order valence-electron chi connectivity index (χ3n) is 3.97. The lowest BCUT2D eigenvalue weighted by Gasteiger charge is -2.27. The van der Waals surface area contributed by atoms with Crippen LogP contribution >= 0.6 is 11.8 Å². The molecule has 2 aliphatic heterocycles. The fourth-order valence-corrected chi connectivity index (χ4v) is 3.70. The van der Waals surface area contributed by atoms with Gasteiger partial charge in [0.1, 0.15) is 5.25 Å². The van der Waals surface area contributed by atoms with Gasteiger partial charge in [-0.1, -0.05) is 11.8 Å². The van der Waals surface area contributed by atoms with Crippen molar-refractivity contribution < 1.29 is 23.9 Å². The SMILES string of the molecule is COC(=O)c1ccc(NC(=O)C[C@H]2SC(N3CCOCC3)=NC2=O)cc1. The minimum absolute atomic E-state index is 0.0413. The van der Waals surface area contributed by atoms with E-state index in [1.807, 2.05) is 4.90 Å². The highest BCUT2D eigenvalue weighted by atomic mass is 32.2. The number of nitrogens with one attached hydrogen (secondary N) is 1. The first kappa shape index (κ1) is 18.4. The Morgan fingerprint density at radius 1 is 1.31 bits per heavy atom. The van der Waals surface area contributed by atoms with Crippen LogP contribution in [0.25, 0.3) is 0 Å². The fraction of sp³-hybridized carbons (Fsp3) is 0.412. The van der Waals surface area contributed by atoms with Crippen molar-refractivity contribution in [2.75, 3.05) is 38.7 Å². The maximum atomic E-state index is 12.2. The Morgan fingerprint density at radius 2 is 2.00 bits per heavy atom. The molecule has 1 aromatic rings. The largest absolute Gasteiger partial charge is 0.465 e. The highest BCUT2D eigenvalue weighted by Crippen LogP contribution is 2.28. The molecule has 3 rings (SSSR count). The molecule has 26 heavy (non-hydrogen) atoms. The Morgan fingerprint density at radius 3 is 2.65 bits per heavy atom. The topological polar surface area (TPSA) is 97.3 Å². The Labute approximate surface area is 154 Å². The van der Waals surface area contributed by atoms with Crippen LogP contribution in [0.2, 0.25) is 0 Å². The predicted octanol–water partition coefficient (Wildman–Crippen LogP) is 1.13. The second kappa shape index (κ2) is 8.33. The number of hydrogen-bond acceptors (Lipinski definition) is 7. The van der Waals surface area contributed by atoms with E-state index in [0.29, 0.717) is 42.7 Å². The molecule has 0 spiro atoms. The molecule has 0 unspecified atom stereocenters. The van der Waals surface area contributed by atoms with Gasteiger partial charge in [0.15, 0.2) is 5.17 Å². The van der Waals surface area contributed by atoms with E-state index in [1.165, 1.54) is 18.9 Å². The number of thioether (sulfide) groups is 1. The van der Waals surface area contributed by atoms with E-state index < -0.39 is 11.2 Å². The highest BCUT2D eigenvalue weighted by Gasteiger charge is 2.33. The first-order valence-electron chi connectivity index (χ1n) is 8.17. The van der Waals surface area contributed by atoms with Gasteiger partial charge in [0.25, 0.3) is 5.91 Å². The van der Waals surface area contributed by atoms with Crippen LogP contribution in [0.3, 0.4) is 0 Å². The molecule has 0 saturated carbocycles. The zero-order valence-electron chi connectivity index (χ0n) is 14.3. The molecular weight excluding hydrogens is 358 g/mol. The maximum absolute atomic E-state index is 12.2. The molecule has 2 amide bonds. The number of nitrogens with zero attached hydrogens (tertiary/aromatic N) is 2. The van der Waals surface area contributed by atoms with Crippen molar-refractivity contribution in [1.82, 2.24) is 4.90 Å². The van der Waals surface area contributed by atoms with Gasteiger partial charge in [-0.25, -0.2) is 4.79 Å². The molecule has 0 aliphatic carbocycles. The van der Waals surface area contributed by atoms with Gasteiger partial charge in [0, 0.05) is 25.2 Å². The summed E-state index contributed by atoms with van der Waals surface area (Å²) in [4.78, 5) is 41.8. The summed E-state index contributed by atoms with van der Waals surface area (Å²) in [7, 11) is 1.31. The molecule has 0 aromatic heterocycles. The van der Waals surface area contributed by atoms with E-state index in [9.17, 15) is 14.4 Å². The molecular formula is C17H19N3O5S. The van der Waals surface area contributed by atoms with Crippen LogP contribution in [0.1, 0.15) is 16.8 Å². The van der Waals surface area contributed by atoms with Crippen molar-refractivity contribution in [1.29, 1.82) is 0 Å². The Kier molecular flexibility index (Phi) is 5.89. The molecule has 1 atom stereocenters. The number of morpholine rings is 1. The molecule has 2 heterocycles. The average Bonchev–Trinajstić information content (AvgIpc) is 3.03. The summed E-state index contributed by atoms with van der Waals surface area (Å²) in [6, 6.07) is 6.36. The first-order chi connectivity index (χ1) is 12.6. The van der Waals surface area contributed by atoms with E-state index in [1.54, 1.807) is 24.3 Å². The van der Waals surface area contributed by atoms with Crippen molar-refractivity contribution in [3.05, 3.63) is 29.8 Å². The number of amidine groups is 1. The number of amides is 2. The Bertz CT molecular complexity index is 728. The molecule has 1 N–H and O–H groups in total. The van der Waals surface area contributed by atoms with Crippen LogP contribution in [-0.4, -0.2) is 66.5 Å². The quantitative estimate of drug-likeness (QED) is 0.786. The van der Waals surface area contributed by atoms with Crippen molar-refractivity contribution in [3.63, 3.8) is 0 Å². The van der Waals surface area contributed by atoms with Crippen LogP contribution in [0.15, 0.2) is 29.3 Å². The first-order valence-corrected chi connectivity index (χ1v) is 9.05. The standard InChI is InChI=1S/C17H19N3O5S/c1-24-16(23)11-2-4-12(5-3-11)18-14(21)10-13-15(22)19-17(26-13)20-6-8-25-9-7-20/h2-5,13H,6-10H2,1H3,(H,18,21)/t13-/m1/s1. The summed E-state index contributed by atoms with van der Waals surface area (Å²) < 4.78 is 9.92.